The highest BCUT2D eigenvalue weighted by atomic mass is 16.5. The van der Waals surface area contributed by atoms with E-state index in [1.54, 1.807) is 24.3 Å². The number of hydrogen-bond acceptors (Lipinski definition) is 6. The summed E-state index contributed by atoms with van der Waals surface area (Å²) in [5, 5.41) is 22.9. The highest BCUT2D eigenvalue weighted by Crippen LogP contribution is 2.50. The number of aliphatic hydroxyl groups excluding tert-OH is 1. The largest absolute Gasteiger partial charge is 0.496 e. The summed E-state index contributed by atoms with van der Waals surface area (Å²) in [6.45, 7) is 1.49. The second-order valence-electron chi connectivity index (χ2n) is 8.03. The predicted molar refractivity (Wildman–Crippen MR) is 113 cm³/mol. The van der Waals surface area contributed by atoms with Gasteiger partial charge in [0.05, 0.1) is 25.6 Å². The van der Waals surface area contributed by atoms with Gasteiger partial charge in [0.2, 0.25) is 11.8 Å². The van der Waals surface area contributed by atoms with Crippen LogP contribution in [0.2, 0.25) is 0 Å². The molecule has 31 heavy (non-hydrogen) atoms. The SMILES string of the molecule is CCCC/C=C/CCN1C(=O)C2C(c3ccccc3OC)NC(CO)(C(=O)O)C2C1=O. The Morgan fingerprint density at radius 1 is 1.23 bits per heavy atom. The van der Waals surface area contributed by atoms with Crippen molar-refractivity contribution < 1.29 is 29.3 Å². The molecule has 3 rings (SSSR count). The van der Waals surface area contributed by atoms with Crippen molar-refractivity contribution in [2.45, 2.75) is 44.2 Å². The molecule has 0 aliphatic carbocycles. The molecular formula is C23H30N2O6. The fourth-order valence-electron chi connectivity index (χ4n) is 4.64. The molecule has 0 bridgehead atoms. The van der Waals surface area contributed by atoms with E-state index in [0.717, 1.165) is 24.2 Å². The zero-order chi connectivity index (χ0) is 22.6. The molecule has 2 saturated heterocycles. The van der Waals surface area contributed by atoms with Crippen LogP contribution >= 0.6 is 0 Å². The smallest absolute Gasteiger partial charge is 0.327 e. The maximum Gasteiger partial charge on any atom is 0.327 e. The molecule has 4 atom stereocenters. The number of benzene rings is 1. The van der Waals surface area contributed by atoms with E-state index in [0.29, 0.717) is 17.7 Å². The number of carboxylic acids is 1. The standard InChI is InChI=1S/C23H30N2O6/c1-3-4-5-6-7-10-13-25-20(27)17-18(21(25)28)23(14-26,22(29)30)24-19(17)15-11-8-9-12-16(15)31-2/h6-9,11-12,17-19,24,26H,3-5,10,13-14H2,1-2H3,(H,29,30)/b7-6+. The van der Waals surface area contributed by atoms with Crippen LogP contribution in [-0.4, -0.2) is 58.7 Å². The average Bonchev–Trinajstić information content (AvgIpc) is 3.25. The predicted octanol–water partition coefficient (Wildman–Crippen LogP) is 1.89. The quantitative estimate of drug-likeness (QED) is 0.295. The van der Waals surface area contributed by atoms with Crippen molar-refractivity contribution in [2.24, 2.45) is 11.8 Å². The van der Waals surface area contributed by atoms with Crippen molar-refractivity contribution in [3.63, 3.8) is 0 Å². The summed E-state index contributed by atoms with van der Waals surface area (Å²) < 4.78 is 5.40. The number of fused-ring (bicyclic) bond motifs is 1. The maximum absolute atomic E-state index is 13.3. The first-order valence-electron chi connectivity index (χ1n) is 10.7. The number of methoxy groups -OCH3 is 1. The Kier molecular flexibility index (Phi) is 7.12. The molecule has 3 N–H and O–H groups in total. The third kappa shape index (κ3) is 3.97. The number of ether oxygens (including phenoxy) is 1. The number of aliphatic hydroxyl groups is 1. The monoisotopic (exact) mass is 430 g/mol. The Labute approximate surface area is 181 Å². The molecular weight excluding hydrogens is 400 g/mol. The third-order valence-electron chi connectivity index (χ3n) is 6.26. The second kappa shape index (κ2) is 9.62. The first-order valence-corrected chi connectivity index (χ1v) is 10.7. The topological polar surface area (TPSA) is 116 Å². The summed E-state index contributed by atoms with van der Waals surface area (Å²) in [4.78, 5) is 39.9. The Balaban J connectivity index is 1.93. The van der Waals surface area contributed by atoms with Crippen LogP contribution in [0.25, 0.3) is 0 Å². The Bertz CT molecular complexity index is 869. The van der Waals surface area contributed by atoms with Crippen LogP contribution < -0.4 is 10.1 Å². The molecule has 0 spiro atoms. The van der Waals surface area contributed by atoms with Crippen molar-refractivity contribution in [3.05, 3.63) is 42.0 Å². The van der Waals surface area contributed by atoms with Gasteiger partial charge in [-0.25, -0.2) is 0 Å². The van der Waals surface area contributed by atoms with E-state index in [4.69, 9.17) is 4.74 Å². The minimum Gasteiger partial charge on any atom is -0.496 e. The summed E-state index contributed by atoms with van der Waals surface area (Å²) in [5.41, 5.74) is -1.35. The lowest BCUT2D eigenvalue weighted by molar-refractivity contribution is -0.153. The molecule has 168 valence electrons. The summed E-state index contributed by atoms with van der Waals surface area (Å²) in [6.07, 6.45) is 7.59. The van der Waals surface area contributed by atoms with E-state index >= 15 is 0 Å². The van der Waals surface area contributed by atoms with Crippen molar-refractivity contribution >= 4 is 17.8 Å². The van der Waals surface area contributed by atoms with E-state index in [2.05, 4.69) is 12.2 Å². The minimum absolute atomic E-state index is 0.188. The van der Waals surface area contributed by atoms with Gasteiger partial charge >= 0.3 is 5.97 Å². The number of rotatable bonds is 10. The van der Waals surface area contributed by atoms with Gasteiger partial charge in [-0.15, -0.1) is 0 Å². The van der Waals surface area contributed by atoms with Gasteiger partial charge in [-0.1, -0.05) is 50.1 Å². The first-order chi connectivity index (χ1) is 14.9. The Hall–Kier alpha value is -2.71. The van der Waals surface area contributed by atoms with Gasteiger partial charge in [0.25, 0.3) is 0 Å². The molecule has 2 fully saturated rings. The number of nitrogens with one attached hydrogen (secondary N) is 1. The fourth-order valence-corrected chi connectivity index (χ4v) is 4.64. The molecule has 1 aromatic rings. The second-order valence-corrected chi connectivity index (χ2v) is 8.03. The van der Waals surface area contributed by atoms with Crippen LogP contribution in [0, 0.1) is 11.8 Å². The van der Waals surface area contributed by atoms with E-state index in [1.807, 2.05) is 12.2 Å². The van der Waals surface area contributed by atoms with Crippen LogP contribution in [0.15, 0.2) is 36.4 Å². The van der Waals surface area contributed by atoms with Crippen molar-refractivity contribution in [1.29, 1.82) is 0 Å². The van der Waals surface area contributed by atoms with Crippen molar-refractivity contribution in [1.82, 2.24) is 10.2 Å². The molecule has 2 amide bonds. The maximum atomic E-state index is 13.3. The number of nitrogens with zero attached hydrogens (tertiary/aromatic N) is 1. The molecule has 2 heterocycles. The number of carboxylic acid groups (broad SMARTS) is 1. The molecule has 0 radical (unpaired) electrons. The molecule has 2 aliphatic heterocycles. The average molecular weight is 431 g/mol. The normalized spacial score (nSPS) is 27.8. The number of hydrogen-bond donors (Lipinski definition) is 3. The number of imide groups is 1. The van der Waals surface area contributed by atoms with Crippen molar-refractivity contribution in [2.75, 3.05) is 20.3 Å². The number of carbonyl (C=O) groups is 3. The molecule has 2 aliphatic rings. The highest BCUT2D eigenvalue weighted by Gasteiger charge is 2.68. The van der Waals surface area contributed by atoms with Gasteiger partial charge in [-0.3, -0.25) is 24.6 Å². The molecule has 0 saturated carbocycles. The van der Waals surface area contributed by atoms with Gasteiger partial charge in [-0.05, 0) is 18.9 Å². The molecule has 4 unspecified atom stereocenters. The molecule has 8 heteroatoms. The summed E-state index contributed by atoms with van der Waals surface area (Å²) in [5.74, 6) is -3.98. The first kappa shape index (κ1) is 23.0. The van der Waals surface area contributed by atoms with Crippen LogP contribution in [0.1, 0.15) is 44.2 Å². The number of aliphatic carboxylic acids is 1. The van der Waals surface area contributed by atoms with Gasteiger partial charge in [0.15, 0.2) is 5.54 Å². The van der Waals surface area contributed by atoms with Crippen molar-refractivity contribution in [3.8, 4) is 5.75 Å². The molecule has 8 nitrogen and oxygen atoms in total. The van der Waals surface area contributed by atoms with E-state index in [1.165, 1.54) is 7.11 Å². The zero-order valence-corrected chi connectivity index (χ0v) is 17.9. The summed E-state index contributed by atoms with van der Waals surface area (Å²) >= 11 is 0. The number of unbranched alkanes of at least 4 members (excludes halogenated alkanes) is 2. The van der Waals surface area contributed by atoms with Crippen LogP contribution in [0.3, 0.4) is 0 Å². The highest BCUT2D eigenvalue weighted by molar-refractivity contribution is 6.09. The Morgan fingerprint density at radius 3 is 2.58 bits per heavy atom. The fraction of sp³-hybridized carbons (Fsp3) is 0.522. The van der Waals surface area contributed by atoms with Gasteiger partial charge in [-0.2, -0.15) is 0 Å². The summed E-state index contributed by atoms with van der Waals surface area (Å²) in [6, 6.07) is 6.20. The number of para-hydroxylation sites is 1. The lowest BCUT2D eigenvalue weighted by Gasteiger charge is -2.29. The van der Waals surface area contributed by atoms with E-state index in [9.17, 15) is 24.6 Å². The third-order valence-corrected chi connectivity index (χ3v) is 6.26. The number of likely N-dealkylation sites (tertiary alicyclic amines) is 1. The van der Waals surface area contributed by atoms with Gasteiger partial charge in [0.1, 0.15) is 5.75 Å². The minimum atomic E-state index is -1.94. The number of carbonyl (C=O) groups excluding carboxylic acids is 2. The number of amides is 2. The number of allylic oxidation sites excluding steroid dienone is 1. The van der Waals surface area contributed by atoms with Gasteiger partial charge < -0.3 is 14.9 Å². The van der Waals surface area contributed by atoms with Gasteiger partial charge in [0, 0.05) is 18.2 Å². The van der Waals surface area contributed by atoms with E-state index in [-0.39, 0.29) is 6.54 Å². The molecule has 1 aromatic carbocycles. The lowest BCUT2D eigenvalue weighted by atomic mass is 9.79. The molecule has 0 aromatic heterocycles. The summed E-state index contributed by atoms with van der Waals surface area (Å²) in [7, 11) is 1.49. The lowest BCUT2D eigenvalue weighted by Crippen LogP contribution is -2.58. The van der Waals surface area contributed by atoms with Crippen LogP contribution in [0.4, 0.5) is 0 Å². The van der Waals surface area contributed by atoms with Crippen LogP contribution in [-0.2, 0) is 14.4 Å². The van der Waals surface area contributed by atoms with E-state index < -0.39 is 47.8 Å². The zero-order valence-electron chi connectivity index (χ0n) is 17.9. The van der Waals surface area contributed by atoms with Crippen LogP contribution in [0.5, 0.6) is 5.75 Å². The Morgan fingerprint density at radius 2 is 1.94 bits per heavy atom.